The largest absolute Gasteiger partial charge is 0.494 e. The minimum atomic E-state index is -0.663. The van der Waals surface area contributed by atoms with Gasteiger partial charge in [-0.05, 0) is 53.9 Å². The fraction of sp³-hybridized carbons (Fsp3) is 0.286. The summed E-state index contributed by atoms with van der Waals surface area (Å²) in [4.78, 5) is 24.3. The average molecular weight is 431 g/mol. The molecule has 0 saturated heterocycles. The van der Waals surface area contributed by atoms with Crippen molar-refractivity contribution >= 4 is 11.9 Å². The van der Waals surface area contributed by atoms with Gasteiger partial charge in [-0.25, -0.2) is 9.59 Å². The minimum Gasteiger partial charge on any atom is -0.494 e. The first-order valence-corrected chi connectivity index (χ1v) is 11.3. The standard InChI is InChI=1S/C28H30O4/c1-2-3-4-5-6-10-21-31-26-19-17-23(18-20-26)22-13-15-25(16-14-22)28(30)32-27(29)24-11-8-7-9-12-24/h7-9,11-20H,2-6,10,21H2,1H3. The molecule has 0 bridgehead atoms. The lowest BCUT2D eigenvalue weighted by molar-refractivity contribution is 0.0398. The van der Waals surface area contributed by atoms with E-state index in [9.17, 15) is 9.59 Å². The predicted octanol–water partition coefficient (Wildman–Crippen LogP) is 7.09. The first-order chi connectivity index (χ1) is 15.7. The van der Waals surface area contributed by atoms with Crippen LogP contribution in [0.15, 0.2) is 78.9 Å². The third-order valence-electron chi connectivity index (χ3n) is 5.27. The van der Waals surface area contributed by atoms with E-state index in [0.717, 1.165) is 29.9 Å². The zero-order valence-electron chi connectivity index (χ0n) is 18.6. The van der Waals surface area contributed by atoms with Gasteiger partial charge < -0.3 is 9.47 Å². The van der Waals surface area contributed by atoms with Crippen molar-refractivity contribution in [3.8, 4) is 16.9 Å². The molecule has 32 heavy (non-hydrogen) atoms. The molecule has 0 unspecified atom stereocenters. The van der Waals surface area contributed by atoms with Crippen LogP contribution in [0.25, 0.3) is 11.1 Å². The summed E-state index contributed by atoms with van der Waals surface area (Å²) in [7, 11) is 0. The number of unbranched alkanes of at least 4 members (excludes halogenated alkanes) is 5. The van der Waals surface area contributed by atoms with E-state index in [0.29, 0.717) is 11.1 Å². The van der Waals surface area contributed by atoms with E-state index < -0.39 is 11.9 Å². The monoisotopic (exact) mass is 430 g/mol. The number of hydrogen-bond acceptors (Lipinski definition) is 4. The van der Waals surface area contributed by atoms with Crippen LogP contribution in [-0.2, 0) is 4.74 Å². The van der Waals surface area contributed by atoms with E-state index in [1.807, 2.05) is 36.4 Å². The Morgan fingerprint density at radius 3 is 1.78 bits per heavy atom. The van der Waals surface area contributed by atoms with E-state index in [4.69, 9.17) is 9.47 Å². The maximum absolute atomic E-state index is 12.3. The van der Waals surface area contributed by atoms with Gasteiger partial charge in [0.1, 0.15) is 5.75 Å². The molecule has 166 valence electrons. The molecule has 0 aliphatic heterocycles. The molecule has 0 aromatic heterocycles. The highest BCUT2D eigenvalue weighted by molar-refractivity contribution is 6.02. The lowest BCUT2D eigenvalue weighted by atomic mass is 10.0. The van der Waals surface area contributed by atoms with Crippen LogP contribution in [0.1, 0.15) is 66.2 Å². The number of carbonyl (C=O) groups is 2. The topological polar surface area (TPSA) is 52.6 Å². The van der Waals surface area contributed by atoms with Crippen molar-refractivity contribution in [2.75, 3.05) is 6.61 Å². The van der Waals surface area contributed by atoms with Gasteiger partial charge in [0.15, 0.2) is 0 Å². The molecule has 0 spiro atoms. The van der Waals surface area contributed by atoms with Crippen molar-refractivity contribution in [2.45, 2.75) is 45.4 Å². The molecule has 0 heterocycles. The zero-order valence-corrected chi connectivity index (χ0v) is 18.6. The second kappa shape index (κ2) is 12.5. The molecule has 3 aromatic rings. The smallest absolute Gasteiger partial charge is 0.346 e. The first-order valence-electron chi connectivity index (χ1n) is 11.3. The Balaban J connectivity index is 1.49. The number of esters is 2. The Hall–Kier alpha value is -3.40. The van der Waals surface area contributed by atoms with Crippen LogP contribution in [0, 0.1) is 0 Å². The molecule has 0 N–H and O–H groups in total. The Kier molecular flexibility index (Phi) is 9.05. The van der Waals surface area contributed by atoms with Crippen molar-refractivity contribution in [3.63, 3.8) is 0 Å². The number of hydrogen-bond donors (Lipinski definition) is 0. The van der Waals surface area contributed by atoms with E-state index in [1.54, 1.807) is 42.5 Å². The minimum absolute atomic E-state index is 0.330. The van der Waals surface area contributed by atoms with Gasteiger partial charge in [-0.2, -0.15) is 0 Å². The second-order valence-corrected chi connectivity index (χ2v) is 7.76. The maximum Gasteiger partial charge on any atom is 0.346 e. The average Bonchev–Trinajstić information content (AvgIpc) is 2.84. The lowest BCUT2D eigenvalue weighted by Gasteiger charge is -2.08. The predicted molar refractivity (Wildman–Crippen MR) is 127 cm³/mol. The number of carbonyl (C=O) groups excluding carboxylic acids is 2. The summed E-state index contributed by atoms with van der Waals surface area (Å²) in [5.41, 5.74) is 2.67. The number of ether oxygens (including phenoxy) is 2. The molecule has 0 atom stereocenters. The summed E-state index contributed by atoms with van der Waals surface area (Å²) in [5.74, 6) is -0.456. The van der Waals surface area contributed by atoms with Gasteiger partial charge in [-0.15, -0.1) is 0 Å². The number of benzene rings is 3. The molecule has 0 saturated carbocycles. The molecule has 4 nitrogen and oxygen atoms in total. The maximum atomic E-state index is 12.3. The van der Waals surface area contributed by atoms with Gasteiger partial charge in [0, 0.05) is 0 Å². The molecule has 3 aromatic carbocycles. The summed E-state index contributed by atoms with van der Waals surface area (Å²) in [6.45, 7) is 2.97. The summed E-state index contributed by atoms with van der Waals surface area (Å²) >= 11 is 0. The van der Waals surface area contributed by atoms with Crippen LogP contribution in [-0.4, -0.2) is 18.5 Å². The van der Waals surface area contributed by atoms with Gasteiger partial charge in [0.25, 0.3) is 0 Å². The summed E-state index contributed by atoms with van der Waals surface area (Å²) < 4.78 is 10.8. The number of rotatable bonds is 11. The third kappa shape index (κ3) is 7.09. The Labute approximate surface area is 190 Å². The van der Waals surface area contributed by atoms with Crippen molar-refractivity contribution in [1.29, 1.82) is 0 Å². The SMILES string of the molecule is CCCCCCCCOc1ccc(-c2ccc(C(=O)OC(=O)c3ccccc3)cc2)cc1. The summed E-state index contributed by atoms with van der Waals surface area (Å²) in [6, 6.07) is 23.4. The van der Waals surface area contributed by atoms with Crippen molar-refractivity contribution < 1.29 is 19.1 Å². The van der Waals surface area contributed by atoms with E-state index in [2.05, 4.69) is 6.92 Å². The highest BCUT2D eigenvalue weighted by Crippen LogP contribution is 2.23. The molecule has 0 radical (unpaired) electrons. The summed E-state index contributed by atoms with van der Waals surface area (Å²) in [5, 5.41) is 0. The van der Waals surface area contributed by atoms with Gasteiger partial charge in [-0.1, -0.05) is 81.5 Å². The van der Waals surface area contributed by atoms with Crippen LogP contribution < -0.4 is 4.74 Å². The molecule has 0 aliphatic carbocycles. The van der Waals surface area contributed by atoms with Crippen LogP contribution >= 0.6 is 0 Å². The van der Waals surface area contributed by atoms with Gasteiger partial charge >= 0.3 is 11.9 Å². The quantitative estimate of drug-likeness (QED) is 0.185. The van der Waals surface area contributed by atoms with Gasteiger partial charge in [0.2, 0.25) is 0 Å². The molecule has 4 heteroatoms. The normalized spacial score (nSPS) is 10.5. The van der Waals surface area contributed by atoms with Crippen molar-refractivity contribution in [1.82, 2.24) is 0 Å². The Bertz CT molecular complexity index is 976. The lowest BCUT2D eigenvalue weighted by Crippen LogP contribution is -2.12. The third-order valence-corrected chi connectivity index (χ3v) is 5.27. The molecule has 3 rings (SSSR count). The molecular weight excluding hydrogens is 400 g/mol. The fourth-order valence-corrected chi connectivity index (χ4v) is 3.39. The van der Waals surface area contributed by atoms with E-state index >= 15 is 0 Å². The molecular formula is C28H30O4. The van der Waals surface area contributed by atoms with Gasteiger partial charge in [-0.3, -0.25) is 0 Å². The van der Waals surface area contributed by atoms with Crippen molar-refractivity contribution in [3.05, 3.63) is 90.0 Å². The molecule has 0 aliphatic rings. The highest BCUT2D eigenvalue weighted by Gasteiger charge is 2.14. The van der Waals surface area contributed by atoms with E-state index in [-0.39, 0.29) is 0 Å². The van der Waals surface area contributed by atoms with E-state index in [1.165, 1.54) is 32.1 Å². The first kappa shape index (κ1) is 23.3. The summed E-state index contributed by atoms with van der Waals surface area (Å²) in [6.07, 6.45) is 7.46. The second-order valence-electron chi connectivity index (χ2n) is 7.76. The molecule has 0 amide bonds. The Morgan fingerprint density at radius 2 is 1.16 bits per heavy atom. The molecule has 0 fully saturated rings. The van der Waals surface area contributed by atoms with Gasteiger partial charge in [0.05, 0.1) is 17.7 Å². The van der Waals surface area contributed by atoms with Crippen LogP contribution in [0.4, 0.5) is 0 Å². The zero-order chi connectivity index (χ0) is 22.6. The highest BCUT2D eigenvalue weighted by atomic mass is 16.6. The van der Waals surface area contributed by atoms with Crippen LogP contribution in [0.5, 0.6) is 5.75 Å². The fourth-order valence-electron chi connectivity index (χ4n) is 3.39. The van der Waals surface area contributed by atoms with Crippen molar-refractivity contribution in [2.24, 2.45) is 0 Å². The van der Waals surface area contributed by atoms with Crippen LogP contribution in [0.2, 0.25) is 0 Å². The van der Waals surface area contributed by atoms with Crippen LogP contribution in [0.3, 0.4) is 0 Å². The Morgan fingerprint density at radius 1 is 0.625 bits per heavy atom.